The zero-order chi connectivity index (χ0) is 26.4. The lowest BCUT2D eigenvalue weighted by molar-refractivity contribution is -0.119. The Morgan fingerprint density at radius 2 is 1.95 bits per heavy atom. The van der Waals surface area contributed by atoms with E-state index in [-0.39, 0.29) is 27.4 Å². The van der Waals surface area contributed by atoms with Crippen LogP contribution in [0, 0.1) is 5.92 Å². The van der Waals surface area contributed by atoms with Crippen LogP contribution in [-0.4, -0.2) is 37.2 Å². The average Bonchev–Trinajstić information content (AvgIpc) is 3.51. The molecule has 9 nitrogen and oxygen atoms in total. The average molecular weight is 549 g/mol. The second kappa shape index (κ2) is 9.48. The van der Waals surface area contributed by atoms with Crippen molar-refractivity contribution in [3.05, 3.63) is 60.2 Å². The zero-order valence-electron chi connectivity index (χ0n) is 20.4. The molecular formula is C27H24N4O5S2. The molecule has 6 rings (SSSR count). The Bertz CT molecular complexity index is 1700. The molecular weight excluding hydrogens is 524 g/mol. The highest BCUT2D eigenvalue weighted by Gasteiger charge is 2.33. The fraction of sp³-hybridized carbons (Fsp3) is 0.259. The SMILES string of the molecule is COc1ccc2nc(NC(=O)C(C[C@H]3CCC(=O)C3)c3ccc4c(c3)Nc3ccccc3S4(=O)=O)sc2n1. The lowest BCUT2D eigenvalue weighted by Crippen LogP contribution is -2.24. The summed E-state index contributed by atoms with van der Waals surface area (Å²) >= 11 is 1.25. The summed E-state index contributed by atoms with van der Waals surface area (Å²) in [5.74, 6) is -0.134. The van der Waals surface area contributed by atoms with E-state index in [0.717, 1.165) is 6.42 Å². The molecule has 4 aromatic rings. The maximum Gasteiger partial charge on any atom is 0.233 e. The number of rotatable bonds is 6. The molecule has 1 unspecified atom stereocenters. The first-order valence-corrected chi connectivity index (χ1v) is 14.5. The van der Waals surface area contributed by atoms with Gasteiger partial charge in [-0.25, -0.2) is 18.4 Å². The van der Waals surface area contributed by atoms with Crippen LogP contribution < -0.4 is 15.4 Å². The first kappa shape index (κ1) is 24.5. The quantitative estimate of drug-likeness (QED) is 0.301. The van der Waals surface area contributed by atoms with Gasteiger partial charge in [0, 0.05) is 18.9 Å². The molecule has 194 valence electrons. The van der Waals surface area contributed by atoms with E-state index < -0.39 is 15.8 Å². The van der Waals surface area contributed by atoms with E-state index in [9.17, 15) is 18.0 Å². The molecule has 3 heterocycles. The number of ether oxygens (including phenoxy) is 1. The van der Waals surface area contributed by atoms with Gasteiger partial charge in [0.15, 0.2) is 5.13 Å². The molecule has 1 amide bonds. The first-order chi connectivity index (χ1) is 18.3. The van der Waals surface area contributed by atoms with Crippen molar-refractivity contribution in [1.82, 2.24) is 9.97 Å². The number of thiazole rings is 1. The fourth-order valence-electron chi connectivity index (χ4n) is 5.14. The largest absolute Gasteiger partial charge is 0.481 e. The second-order valence-corrected chi connectivity index (χ2v) is 12.4. The van der Waals surface area contributed by atoms with Crippen LogP contribution in [0.1, 0.15) is 37.2 Å². The smallest absolute Gasteiger partial charge is 0.233 e. The van der Waals surface area contributed by atoms with Gasteiger partial charge in [-0.1, -0.05) is 29.5 Å². The number of amides is 1. The number of methoxy groups -OCH3 is 1. The Morgan fingerprint density at radius 3 is 2.74 bits per heavy atom. The third-order valence-electron chi connectivity index (χ3n) is 7.04. The van der Waals surface area contributed by atoms with Crippen LogP contribution in [-0.2, 0) is 19.4 Å². The van der Waals surface area contributed by atoms with Crippen LogP contribution in [0.4, 0.5) is 16.5 Å². The number of carbonyl (C=O) groups excluding carboxylic acids is 2. The fourth-order valence-corrected chi connectivity index (χ4v) is 7.53. The number of hydrogen-bond acceptors (Lipinski definition) is 9. The van der Waals surface area contributed by atoms with Crippen molar-refractivity contribution in [1.29, 1.82) is 0 Å². The monoisotopic (exact) mass is 548 g/mol. The van der Waals surface area contributed by atoms with Gasteiger partial charge in [-0.3, -0.25) is 9.59 Å². The molecule has 2 aromatic heterocycles. The van der Waals surface area contributed by atoms with Crippen molar-refractivity contribution in [2.45, 2.75) is 41.4 Å². The topological polar surface area (TPSA) is 127 Å². The van der Waals surface area contributed by atoms with E-state index in [0.29, 0.717) is 57.6 Å². The van der Waals surface area contributed by atoms with E-state index in [4.69, 9.17) is 4.74 Å². The molecule has 2 aliphatic rings. The van der Waals surface area contributed by atoms with E-state index in [2.05, 4.69) is 20.6 Å². The van der Waals surface area contributed by atoms with Crippen LogP contribution in [0.25, 0.3) is 10.3 Å². The number of fused-ring (bicyclic) bond motifs is 3. The summed E-state index contributed by atoms with van der Waals surface area (Å²) < 4.78 is 31.6. The van der Waals surface area contributed by atoms with Gasteiger partial charge in [0.25, 0.3) is 0 Å². The normalized spacial score (nSPS) is 18.3. The summed E-state index contributed by atoms with van der Waals surface area (Å²) in [7, 11) is -2.16. The molecule has 1 aliphatic heterocycles. The van der Waals surface area contributed by atoms with Crippen LogP contribution in [0.2, 0.25) is 0 Å². The van der Waals surface area contributed by atoms with Crippen LogP contribution in [0.15, 0.2) is 64.4 Å². The number of pyridine rings is 1. The molecule has 0 radical (unpaired) electrons. The molecule has 0 bridgehead atoms. The number of aromatic nitrogens is 2. The lowest BCUT2D eigenvalue weighted by atomic mass is 9.87. The minimum absolute atomic E-state index is 0.0768. The maximum absolute atomic E-state index is 13.7. The van der Waals surface area contributed by atoms with E-state index in [1.165, 1.54) is 18.4 Å². The number of nitrogens with one attached hydrogen (secondary N) is 2. The first-order valence-electron chi connectivity index (χ1n) is 12.2. The predicted octanol–water partition coefficient (Wildman–Crippen LogP) is 5.07. The number of hydrogen-bond donors (Lipinski definition) is 2. The molecule has 2 atom stereocenters. The van der Waals surface area contributed by atoms with Gasteiger partial charge in [0.2, 0.25) is 21.6 Å². The highest BCUT2D eigenvalue weighted by molar-refractivity contribution is 7.92. The van der Waals surface area contributed by atoms with E-state index in [1.54, 1.807) is 54.6 Å². The van der Waals surface area contributed by atoms with Crippen LogP contribution in [0.5, 0.6) is 5.88 Å². The van der Waals surface area contributed by atoms with Crippen LogP contribution in [0.3, 0.4) is 0 Å². The predicted molar refractivity (Wildman–Crippen MR) is 144 cm³/mol. The number of nitrogens with zero attached hydrogens (tertiary/aromatic N) is 2. The number of carbonyl (C=O) groups is 2. The molecule has 1 aliphatic carbocycles. The van der Waals surface area contributed by atoms with Crippen molar-refractivity contribution in [2.75, 3.05) is 17.7 Å². The number of sulfone groups is 1. The Balaban J connectivity index is 1.34. The Labute approximate surface area is 223 Å². The summed E-state index contributed by atoms with van der Waals surface area (Å²) in [5.41, 5.74) is 2.24. The molecule has 1 fully saturated rings. The molecule has 2 N–H and O–H groups in total. The van der Waals surface area contributed by atoms with Gasteiger partial charge in [-0.05, 0) is 54.7 Å². The standard InChI is InChI=1S/C27H24N4O5S2/c1-36-24-11-9-20-26(30-24)37-27(29-20)31-25(33)18(13-15-6-8-17(32)12-15)16-7-10-23-21(14-16)28-19-4-2-3-5-22(19)38(23,34)35/h2-5,7,9-11,14-15,18,28H,6,8,12-13H2,1H3,(H,29,31,33)/t15-,18?/m0/s1. The summed E-state index contributed by atoms with van der Waals surface area (Å²) in [6.07, 6.45) is 2.17. The Morgan fingerprint density at radius 1 is 1.13 bits per heavy atom. The maximum atomic E-state index is 13.7. The van der Waals surface area contributed by atoms with Crippen molar-refractivity contribution >= 4 is 59.7 Å². The molecule has 0 spiro atoms. The van der Waals surface area contributed by atoms with Gasteiger partial charge in [0.05, 0.1) is 34.2 Å². The molecule has 2 aromatic carbocycles. The van der Waals surface area contributed by atoms with Gasteiger partial charge in [-0.15, -0.1) is 0 Å². The number of Topliss-reactive ketones (excluding diaryl/α,β-unsaturated/α-hetero) is 1. The van der Waals surface area contributed by atoms with Gasteiger partial charge in [0.1, 0.15) is 16.1 Å². The lowest BCUT2D eigenvalue weighted by Gasteiger charge is -2.24. The highest BCUT2D eigenvalue weighted by atomic mass is 32.2. The van der Waals surface area contributed by atoms with Crippen LogP contribution >= 0.6 is 11.3 Å². The van der Waals surface area contributed by atoms with E-state index >= 15 is 0 Å². The minimum Gasteiger partial charge on any atom is -0.481 e. The molecule has 11 heteroatoms. The third-order valence-corrected chi connectivity index (χ3v) is 9.79. The number of benzene rings is 2. The summed E-state index contributed by atoms with van der Waals surface area (Å²) in [6.45, 7) is 0. The molecule has 0 saturated heterocycles. The molecule has 1 saturated carbocycles. The summed E-state index contributed by atoms with van der Waals surface area (Å²) in [6, 6.07) is 15.2. The Kier molecular flexibility index (Phi) is 6.11. The summed E-state index contributed by atoms with van der Waals surface area (Å²) in [4.78, 5) is 35.5. The van der Waals surface area contributed by atoms with Gasteiger partial charge >= 0.3 is 0 Å². The van der Waals surface area contributed by atoms with Crippen molar-refractivity contribution in [3.8, 4) is 5.88 Å². The van der Waals surface area contributed by atoms with Gasteiger partial charge < -0.3 is 15.4 Å². The highest BCUT2D eigenvalue weighted by Crippen LogP contribution is 2.42. The Hall–Kier alpha value is -3.83. The van der Waals surface area contributed by atoms with Crippen molar-refractivity contribution in [2.24, 2.45) is 5.92 Å². The number of anilines is 3. The minimum atomic E-state index is -3.70. The van der Waals surface area contributed by atoms with Crippen molar-refractivity contribution < 1.29 is 22.7 Å². The second-order valence-electron chi connectivity index (χ2n) is 9.50. The number of para-hydroxylation sites is 1. The van der Waals surface area contributed by atoms with E-state index in [1.807, 2.05) is 0 Å². The zero-order valence-corrected chi connectivity index (χ0v) is 22.1. The third kappa shape index (κ3) is 4.41. The molecule has 38 heavy (non-hydrogen) atoms. The summed E-state index contributed by atoms with van der Waals surface area (Å²) in [5, 5.41) is 6.55. The van der Waals surface area contributed by atoms with Gasteiger partial charge in [-0.2, -0.15) is 0 Å². The van der Waals surface area contributed by atoms with Crippen molar-refractivity contribution in [3.63, 3.8) is 0 Å². The number of ketones is 1.